The number of rotatable bonds is 3. The van der Waals surface area contributed by atoms with Crippen molar-refractivity contribution in [3.05, 3.63) is 27.7 Å². The Hall–Kier alpha value is -1.31. The quantitative estimate of drug-likeness (QED) is 0.756. The summed E-state index contributed by atoms with van der Waals surface area (Å²) in [6.45, 7) is 1.77. The van der Waals surface area contributed by atoms with Crippen LogP contribution in [0.5, 0.6) is 0 Å². The molecule has 1 aliphatic rings. The fourth-order valence-electron chi connectivity index (χ4n) is 1.99. The third-order valence-corrected chi connectivity index (χ3v) is 4.35. The molecule has 6 nitrogen and oxygen atoms in total. The number of urea groups is 1. The summed E-state index contributed by atoms with van der Waals surface area (Å²) in [5, 5.41) is 15.0. The molecule has 1 aliphatic heterocycles. The van der Waals surface area contributed by atoms with E-state index in [-0.39, 0.29) is 13.2 Å². The van der Waals surface area contributed by atoms with E-state index in [1.807, 2.05) is 0 Å². The third kappa shape index (κ3) is 3.48. The molecular weight excluding hydrogens is 364 g/mol. The van der Waals surface area contributed by atoms with Crippen LogP contribution < -0.4 is 10.6 Å². The molecule has 114 valence electrons. The number of benzene rings is 1. The molecule has 0 radical (unpaired) electrons. The molecule has 1 saturated heterocycles. The van der Waals surface area contributed by atoms with Gasteiger partial charge in [0.1, 0.15) is 5.41 Å². The Bertz CT molecular complexity index is 583. The number of aliphatic carboxylic acids is 1. The summed E-state index contributed by atoms with van der Waals surface area (Å²) in [5.41, 5.74) is -0.640. The maximum absolute atomic E-state index is 12.0. The van der Waals surface area contributed by atoms with Crippen LogP contribution in [0.4, 0.5) is 10.5 Å². The number of nitrogens with one attached hydrogen (secondary N) is 2. The summed E-state index contributed by atoms with van der Waals surface area (Å²) in [6, 6.07) is 3.86. The van der Waals surface area contributed by atoms with Gasteiger partial charge in [0.15, 0.2) is 0 Å². The van der Waals surface area contributed by atoms with Gasteiger partial charge >= 0.3 is 12.0 Å². The summed E-state index contributed by atoms with van der Waals surface area (Å²) in [6.07, 6.45) is 0. The summed E-state index contributed by atoms with van der Waals surface area (Å²) < 4.78 is 5.85. The Morgan fingerprint density at radius 2 is 2.24 bits per heavy atom. The van der Waals surface area contributed by atoms with Crippen LogP contribution in [0.2, 0.25) is 5.02 Å². The van der Waals surface area contributed by atoms with Crippen LogP contribution >= 0.6 is 27.5 Å². The number of amides is 2. The van der Waals surface area contributed by atoms with E-state index in [0.29, 0.717) is 15.2 Å². The van der Waals surface area contributed by atoms with Gasteiger partial charge in [-0.05, 0) is 41.1 Å². The maximum Gasteiger partial charge on any atom is 0.319 e. The van der Waals surface area contributed by atoms with Gasteiger partial charge in [-0.15, -0.1) is 0 Å². The first-order chi connectivity index (χ1) is 9.83. The Kier molecular flexibility index (Phi) is 4.75. The highest BCUT2D eigenvalue weighted by molar-refractivity contribution is 9.10. The summed E-state index contributed by atoms with van der Waals surface area (Å²) >= 11 is 9.16. The van der Waals surface area contributed by atoms with E-state index in [1.54, 1.807) is 25.1 Å². The second kappa shape index (κ2) is 6.21. The first-order valence-electron chi connectivity index (χ1n) is 6.16. The molecule has 1 fully saturated rings. The van der Waals surface area contributed by atoms with E-state index in [1.165, 1.54) is 0 Å². The smallest absolute Gasteiger partial charge is 0.319 e. The molecule has 1 aromatic carbocycles. The van der Waals surface area contributed by atoms with Crippen molar-refractivity contribution in [1.29, 1.82) is 0 Å². The molecule has 2 rings (SSSR count). The number of hydrogen-bond acceptors (Lipinski definition) is 3. The van der Waals surface area contributed by atoms with Gasteiger partial charge in [0.05, 0.1) is 24.9 Å². The molecule has 0 aromatic heterocycles. The molecule has 2 atom stereocenters. The molecule has 0 bridgehead atoms. The lowest BCUT2D eigenvalue weighted by atomic mass is 9.85. The lowest BCUT2D eigenvalue weighted by Gasteiger charge is -2.25. The highest BCUT2D eigenvalue weighted by atomic mass is 79.9. The van der Waals surface area contributed by atoms with Gasteiger partial charge in [-0.25, -0.2) is 4.79 Å². The molecule has 2 amide bonds. The van der Waals surface area contributed by atoms with E-state index in [0.717, 1.165) is 0 Å². The van der Waals surface area contributed by atoms with Crippen molar-refractivity contribution in [2.45, 2.75) is 13.0 Å². The fraction of sp³-hybridized carbons (Fsp3) is 0.385. The van der Waals surface area contributed by atoms with Crippen LogP contribution in [-0.4, -0.2) is 36.4 Å². The number of anilines is 1. The monoisotopic (exact) mass is 376 g/mol. The fourth-order valence-corrected chi connectivity index (χ4v) is 2.51. The van der Waals surface area contributed by atoms with Crippen LogP contribution in [0.3, 0.4) is 0 Å². The molecule has 0 spiro atoms. The van der Waals surface area contributed by atoms with Gasteiger partial charge in [0.2, 0.25) is 0 Å². The lowest BCUT2D eigenvalue weighted by Crippen LogP contribution is -2.50. The van der Waals surface area contributed by atoms with Crippen LogP contribution in [0.1, 0.15) is 6.92 Å². The second-order valence-corrected chi connectivity index (χ2v) is 6.30. The molecule has 1 heterocycles. The van der Waals surface area contributed by atoms with Gasteiger partial charge in [-0.1, -0.05) is 11.6 Å². The summed E-state index contributed by atoms with van der Waals surface area (Å²) in [4.78, 5) is 23.3. The predicted octanol–water partition coefficient (Wildman–Crippen LogP) is 2.71. The highest BCUT2D eigenvalue weighted by Gasteiger charge is 2.47. The minimum atomic E-state index is -1.14. The predicted molar refractivity (Wildman–Crippen MR) is 81.7 cm³/mol. The van der Waals surface area contributed by atoms with Gasteiger partial charge in [0, 0.05) is 9.50 Å². The van der Waals surface area contributed by atoms with Crippen molar-refractivity contribution >= 4 is 45.2 Å². The van der Waals surface area contributed by atoms with Crippen LogP contribution in [0.15, 0.2) is 22.7 Å². The minimum absolute atomic E-state index is 0.0636. The molecule has 2 unspecified atom stereocenters. The van der Waals surface area contributed by atoms with Crippen molar-refractivity contribution in [2.24, 2.45) is 5.41 Å². The third-order valence-electron chi connectivity index (χ3n) is 3.43. The number of carboxylic acids is 1. The second-order valence-electron chi connectivity index (χ2n) is 5.01. The first kappa shape index (κ1) is 16.1. The van der Waals surface area contributed by atoms with Crippen LogP contribution in [-0.2, 0) is 9.53 Å². The molecule has 21 heavy (non-hydrogen) atoms. The number of halogens is 2. The first-order valence-corrected chi connectivity index (χ1v) is 7.34. The van der Waals surface area contributed by atoms with E-state index < -0.39 is 23.5 Å². The van der Waals surface area contributed by atoms with Crippen molar-refractivity contribution < 1.29 is 19.4 Å². The van der Waals surface area contributed by atoms with Crippen LogP contribution in [0.25, 0.3) is 0 Å². The molecule has 1 aromatic rings. The van der Waals surface area contributed by atoms with E-state index in [2.05, 4.69) is 26.6 Å². The van der Waals surface area contributed by atoms with E-state index in [9.17, 15) is 14.7 Å². The zero-order valence-electron chi connectivity index (χ0n) is 11.2. The normalized spacial score (nSPS) is 24.6. The highest BCUT2D eigenvalue weighted by Crippen LogP contribution is 2.29. The van der Waals surface area contributed by atoms with E-state index in [4.69, 9.17) is 16.3 Å². The van der Waals surface area contributed by atoms with Crippen LogP contribution in [0, 0.1) is 5.41 Å². The zero-order chi connectivity index (χ0) is 15.6. The minimum Gasteiger partial charge on any atom is -0.481 e. The van der Waals surface area contributed by atoms with Gasteiger partial charge in [-0.3, -0.25) is 4.79 Å². The van der Waals surface area contributed by atoms with Crippen molar-refractivity contribution in [1.82, 2.24) is 5.32 Å². The molecule has 3 N–H and O–H groups in total. The summed E-state index contributed by atoms with van der Waals surface area (Å²) in [5.74, 6) is -1.01. The molecular formula is C13H14BrClN2O4. The standard InChI is InChI=1S/C13H14BrClN2O4/c1-13(11(18)19)6-21-5-10(13)17-12(20)16-9-4-7(15)2-3-8(9)14/h2-4,10H,5-6H2,1H3,(H,18,19)(H2,16,17,20). The van der Waals surface area contributed by atoms with Gasteiger partial charge < -0.3 is 20.5 Å². The number of carbonyl (C=O) groups excluding carboxylic acids is 1. The molecule has 8 heteroatoms. The number of hydrogen-bond donors (Lipinski definition) is 3. The number of ether oxygens (including phenoxy) is 1. The van der Waals surface area contributed by atoms with Gasteiger partial charge in [-0.2, -0.15) is 0 Å². The van der Waals surface area contributed by atoms with Crippen molar-refractivity contribution in [2.75, 3.05) is 18.5 Å². The molecule has 0 saturated carbocycles. The SMILES string of the molecule is CC1(C(=O)O)COCC1NC(=O)Nc1cc(Cl)ccc1Br. The Morgan fingerprint density at radius 1 is 1.52 bits per heavy atom. The maximum atomic E-state index is 12.0. The number of carbonyl (C=O) groups is 2. The topological polar surface area (TPSA) is 87.7 Å². The Labute approximate surface area is 134 Å². The Morgan fingerprint density at radius 3 is 2.90 bits per heavy atom. The summed E-state index contributed by atoms with van der Waals surface area (Å²) in [7, 11) is 0. The largest absolute Gasteiger partial charge is 0.481 e. The lowest BCUT2D eigenvalue weighted by molar-refractivity contribution is -0.148. The zero-order valence-corrected chi connectivity index (χ0v) is 13.5. The van der Waals surface area contributed by atoms with Gasteiger partial charge in [0.25, 0.3) is 0 Å². The average Bonchev–Trinajstić information content (AvgIpc) is 2.77. The average molecular weight is 378 g/mol. The van der Waals surface area contributed by atoms with Crippen molar-refractivity contribution in [3.63, 3.8) is 0 Å². The van der Waals surface area contributed by atoms with Crippen molar-refractivity contribution in [3.8, 4) is 0 Å². The molecule has 0 aliphatic carbocycles. The Balaban J connectivity index is 2.05. The van der Waals surface area contributed by atoms with E-state index >= 15 is 0 Å². The number of carboxylic acid groups (broad SMARTS) is 1.